The maximum Gasteiger partial charge on any atom is 0.319 e. The molecule has 4 aromatic rings. The minimum Gasteiger partial charge on any atom is -0.338 e. The number of rotatable bonds is 5. The van der Waals surface area contributed by atoms with Crippen molar-refractivity contribution in [2.75, 3.05) is 32.5 Å². The molecule has 0 aliphatic carbocycles. The van der Waals surface area contributed by atoms with E-state index in [1.54, 1.807) is 0 Å². The molecular formula is C22H23N3O. The highest BCUT2D eigenvalue weighted by atomic mass is 16.2. The summed E-state index contributed by atoms with van der Waals surface area (Å²) in [5.41, 5.74) is 0.848. The number of nitrogens with zero attached hydrogens (tertiary/aromatic N) is 1. The van der Waals surface area contributed by atoms with Crippen LogP contribution in [0.1, 0.15) is 6.42 Å². The van der Waals surface area contributed by atoms with Gasteiger partial charge in [0.2, 0.25) is 0 Å². The molecular weight excluding hydrogens is 322 g/mol. The van der Waals surface area contributed by atoms with Crippen LogP contribution in [0.15, 0.2) is 54.6 Å². The van der Waals surface area contributed by atoms with Crippen molar-refractivity contribution in [1.82, 2.24) is 10.2 Å². The van der Waals surface area contributed by atoms with E-state index in [1.165, 1.54) is 26.9 Å². The number of nitrogens with one attached hydrogen (secondary N) is 2. The predicted octanol–water partition coefficient (Wildman–Crippen LogP) is 4.66. The number of anilines is 1. The molecule has 4 heteroatoms. The third-order valence-electron chi connectivity index (χ3n) is 4.84. The van der Waals surface area contributed by atoms with E-state index in [2.05, 4.69) is 64.1 Å². The van der Waals surface area contributed by atoms with E-state index in [-0.39, 0.29) is 6.03 Å². The van der Waals surface area contributed by atoms with Gasteiger partial charge in [0, 0.05) is 11.9 Å². The summed E-state index contributed by atoms with van der Waals surface area (Å²) in [6.07, 6.45) is 0.929. The van der Waals surface area contributed by atoms with Gasteiger partial charge >= 0.3 is 6.03 Å². The average Bonchev–Trinajstić information content (AvgIpc) is 2.64. The molecule has 132 valence electrons. The van der Waals surface area contributed by atoms with Crippen LogP contribution in [0.5, 0.6) is 0 Å². The first kappa shape index (κ1) is 16.6. The molecule has 0 radical (unpaired) electrons. The highest BCUT2D eigenvalue weighted by Crippen LogP contribution is 2.37. The van der Waals surface area contributed by atoms with Gasteiger partial charge in [-0.25, -0.2) is 4.79 Å². The zero-order valence-corrected chi connectivity index (χ0v) is 15.2. The zero-order valence-electron chi connectivity index (χ0n) is 15.2. The monoisotopic (exact) mass is 345 g/mol. The molecule has 0 aliphatic rings. The molecule has 0 aliphatic heterocycles. The third kappa shape index (κ3) is 3.04. The van der Waals surface area contributed by atoms with Gasteiger partial charge in [0.05, 0.1) is 5.69 Å². The molecule has 0 saturated carbocycles. The first-order chi connectivity index (χ1) is 12.6. The Morgan fingerprint density at radius 3 is 2.27 bits per heavy atom. The van der Waals surface area contributed by atoms with Crippen molar-refractivity contribution >= 4 is 44.0 Å². The lowest BCUT2D eigenvalue weighted by molar-refractivity contribution is 0.251. The van der Waals surface area contributed by atoms with E-state index >= 15 is 0 Å². The van der Waals surface area contributed by atoms with E-state index in [9.17, 15) is 4.79 Å². The summed E-state index contributed by atoms with van der Waals surface area (Å²) in [5, 5.41) is 13.2. The number of amides is 2. The topological polar surface area (TPSA) is 44.4 Å². The Morgan fingerprint density at radius 1 is 0.885 bits per heavy atom. The van der Waals surface area contributed by atoms with Gasteiger partial charge < -0.3 is 15.5 Å². The van der Waals surface area contributed by atoms with Gasteiger partial charge in [-0.3, -0.25) is 0 Å². The van der Waals surface area contributed by atoms with Crippen LogP contribution in [0.2, 0.25) is 0 Å². The fraction of sp³-hybridized carbons (Fsp3) is 0.227. The van der Waals surface area contributed by atoms with Crippen molar-refractivity contribution in [3.63, 3.8) is 0 Å². The van der Waals surface area contributed by atoms with Crippen LogP contribution in [0.3, 0.4) is 0 Å². The van der Waals surface area contributed by atoms with E-state index in [0.29, 0.717) is 6.54 Å². The first-order valence-electron chi connectivity index (χ1n) is 8.99. The van der Waals surface area contributed by atoms with Crippen LogP contribution < -0.4 is 10.6 Å². The number of benzene rings is 4. The smallest absolute Gasteiger partial charge is 0.319 e. The van der Waals surface area contributed by atoms with Gasteiger partial charge in [0.15, 0.2) is 0 Å². The normalized spacial score (nSPS) is 11.7. The average molecular weight is 345 g/mol. The maximum absolute atomic E-state index is 12.3. The second-order valence-electron chi connectivity index (χ2n) is 7.01. The Balaban J connectivity index is 1.65. The number of hydrogen-bond donors (Lipinski definition) is 2. The fourth-order valence-electron chi connectivity index (χ4n) is 3.61. The summed E-state index contributed by atoms with van der Waals surface area (Å²) in [6.45, 7) is 1.62. The van der Waals surface area contributed by atoms with Crippen LogP contribution in [0.4, 0.5) is 10.5 Å². The second kappa shape index (κ2) is 6.81. The lowest BCUT2D eigenvalue weighted by atomic mass is 9.93. The fourth-order valence-corrected chi connectivity index (χ4v) is 3.61. The minimum atomic E-state index is -0.154. The molecule has 0 fully saturated rings. The molecule has 26 heavy (non-hydrogen) atoms. The van der Waals surface area contributed by atoms with Crippen LogP contribution in [0.25, 0.3) is 32.3 Å². The van der Waals surface area contributed by atoms with Crippen LogP contribution in [0, 0.1) is 0 Å². The molecule has 2 N–H and O–H groups in total. The van der Waals surface area contributed by atoms with Crippen molar-refractivity contribution in [1.29, 1.82) is 0 Å². The molecule has 0 aromatic heterocycles. The van der Waals surface area contributed by atoms with Gasteiger partial charge in [-0.1, -0.05) is 48.5 Å². The zero-order chi connectivity index (χ0) is 18.1. The molecule has 0 heterocycles. The molecule has 4 rings (SSSR count). The van der Waals surface area contributed by atoms with Crippen molar-refractivity contribution in [2.24, 2.45) is 0 Å². The van der Waals surface area contributed by atoms with E-state index in [1.807, 2.05) is 20.2 Å². The lowest BCUT2D eigenvalue weighted by Gasteiger charge is -2.15. The number of hydrogen-bond acceptors (Lipinski definition) is 2. The summed E-state index contributed by atoms with van der Waals surface area (Å²) in [4.78, 5) is 14.4. The standard InChI is InChI=1S/C22H23N3O/c1-25(2)14-4-13-23-22(26)24-19-12-10-17-8-7-15-5-3-6-16-9-11-18(19)21(17)20(15)16/h3,5-12H,4,13-14H2,1-2H3,(H2,23,24,26). The van der Waals surface area contributed by atoms with Crippen LogP contribution in [-0.2, 0) is 0 Å². The maximum atomic E-state index is 12.3. The summed E-state index contributed by atoms with van der Waals surface area (Å²) >= 11 is 0. The summed E-state index contributed by atoms with van der Waals surface area (Å²) in [7, 11) is 4.07. The van der Waals surface area contributed by atoms with Gasteiger partial charge in [-0.15, -0.1) is 0 Å². The van der Waals surface area contributed by atoms with Crippen LogP contribution >= 0.6 is 0 Å². The third-order valence-corrected chi connectivity index (χ3v) is 4.84. The van der Waals surface area contributed by atoms with Crippen LogP contribution in [-0.4, -0.2) is 38.1 Å². The largest absolute Gasteiger partial charge is 0.338 e. The molecule has 0 atom stereocenters. The van der Waals surface area contributed by atoms with Gasteiger partial charge in [-0.05, 0) is 60.1 Å². The Labute approximate surface area is 153 Å². The highest BCUT2D eigenvalue weighted by Gasteiger charge is 2.12. The molecule has 4 aromatic carbocycles. The Bertz CT molecular complexity index is 1060. The van der Waals surface area contributed by atoms with Gasteiger partial charge in [0.25, 0.3) is 0 Å². The first-order valence-corrected chi connectivity index (χ1v) is 8.99. The highest BCUT2D eigenvalue weighted by molar-refractivity contribution is 6.25. The van der Waals surface area contributed by atoms with E-state index in [4.69, 9.17) is 0 Å². The number of carbonyl (C=O) groups excluding carboxylic acids is 1. The molecule has 4 nitrogen and oxygen atoms in total. The quantitative estimate of drug-likeness (QED) is 0.408. The summed E-state index contributed by atoms with van der Waals surface area (Å²) < 4.78 is 0. The Kier molecular flexibility index (Phi) is 4.35. The number of urea groups is 1. The Hall–Kier alpha value is -2.85. The number of carbonyl (C=O) groups is 1. The molecule has 2 amide bonds. The SMILES string of the molecule is CN(C)CCCNC(=O)Nc1ccc2ccc3cccc4ccc1c2c34. The van der Waals surface area contributed by atoms with Gasteiger partial charge in [0.1, 0.15) is 0 Å². The van der Waals surface area contributed by atoms with Crippen molar-refractivity contribution < 1.29 is 4.79 Å². The minimum absolute atomic E-state index is 0.154. The lowest BCUT2D eigenvalue weighted by Crippen LogP contribution is -2.31. The second-order valence-corrected chi connectivity index (χ2v) is 7.01. The molecule has 0 saturated heterocycles. The van der Waals surface area contributed by atoms with Crippen molar-refractivity contribution in [3.05, 3.63) is 54.6 Å². The predicted molar refractivity (Wildman–Crippen MR) is 110 cm³/mol. The van der Waals surface area contributed by atoms with Crippen molar-refractivity contribution in [3.8, 4) is 0 Å². The molecule has 0 spiro atoms. The van der Waals surface area contributed by atoms with Crippen molar-refractivity contribution in [2.45, 2.75) is 6.42 Å². The van der Waals surface area contributed by atoms with Gasteiger partial charge in [-0.2, -0.15) is 0 Å². The van der Waals surface area contributed by atoms with E-state index < -0.39 is 0 Å². The van der Waals surface area contributed by atoms with E-state index in [0.717, 1.165) is 24.0 Å². The molecule has 0 bridgehead atoms. The summed E-state index contributed by atoms with van der Waals surface area (Å²) in [5.74, 6) is 0. The summed E-state index contributed by atoms with van der Waals surface area (Å²) in [6, 6.07) is 18.8. The molecule has 0 unspecified atom stereocenters. The Morgan fingerprint density at radius 2 is 1.54 bits per heavy atom.